The first-order valence-electron chi connectivity index (χ1n) is 10.1. The van der Waals surface area contributed by atoms with Crippen molar-refractivity contribution in [3.05, 3.63) is 84.0 Å². The normalized spacial score (nSPS) is 11.4. The number of nitrogens with one attached hydrogen (secondary N) is 1. The summed E-state index contributed by atoms with van der Waals surface area (Å²) in [5, 5.41) is 7.01. The van der Waals surface area contributed by atoms with E-state index in [1.54, 1.807) is 30.2 Å². The third kappa shape index (κ3) is 5.61. The minimum Gasteiger partial charge on any atom is -0.321 e. The molecule has 0 fully saturated rings. The second-order valence-corrected chi connectivity index (χ2v) is 7.61. The number of rotatable bonds is 7. The van der Waals surface area contributed by atoms with Crippen molar-refractivity contribution in [1.29, 1.82) is 0 Å². The first-order chi connectivity index (χ1) is 16.2. The zero-order valence-corrected chi connectivity index (χ0v) is 17.8. The third-order valence-corrected chi connectivity index (χ3v) is 4.88. The third-order valence-electron chi connectivity index (χ3n) is 4.88. The average Bonchev–Trinajstić information content (AvgIpc) is 3.18. The lowest BCUT2D eigenvalue weighted by Gasteiger charge is -2.09. The van der Waals surface area contributed by atoms with Crippen molar-refractivity contribution in [2.24, 2.45) is 7.05 Å². The summed E-state index contributed by atoms with van der Waals surface area (Å²) in [5.74, 6) is -0.603. The Bertz CT molecular complexity index is 1320. The van der Waals surface area contributed by atoms with E-state index in [1.807, 2.05) is 0 Å². The van der Waals surface area contributed by atoms with E-state index in [2.05, 4.69) is 25.4 Å². The number of Topliss-reactive ketones (excluding diaryl/α,β-unsaturated/α-hetero) is 1. The van der Waals surface area contributed by atoms with E-state index in [-0.39, 0.29) is 29.8 Å². The van der Waals surface area contributed by atoms with Gasteiger partial charge in [-0.25, -0.2) is 14.4 Å². The van der Waals surface area contributed by atoms with Gasteiger partial charge in [0.1, 0.15) is 11.6 Å². The van der Waals surface area contributed by atoms with Crippen molar-refractivity contribution >= 4 is 17.4 Å². The Hall–Kier alpha value is -4.15. The number of hydrogen-bond acceptors (Lipinski definition) is 6. The summed E-state index contributed by atoms with van der Waals surface area (Å²) in [4.78, 5) is 24.2. The van der Waals surface area contributed by atoms with Crippen LogP contribution >= 0.6 is 0 Å². The van der Waals surface area contributed by atoms with Crippen molar-refractivity contribution in [1.82, 2.24) is 24.7 Å². The van der Waals surface area contributed by atoms with Crippen molar-refractivity contribution in [3.63, 3.8) is 0 Å². The van der Waals surface area contributed by atoms with Gasteiger partial charge in [0.2, 0.25) is 5.95 Å². The van der Waals surface area contributed by atoms with Crippen molar-refractivity contribution < 1.29 is 22.4 Å². The maximum Gasteiger partial charge on any atom is 0.417 e. The summed E-state index contributed by atoms with van der Waals surface area (Å²) in [6, 6.07) is 5.21. The molecule has 3 heterocycles. The Kier molecular flexibility index (Phi) is 6.35. The van der Waals surface area contributed by atoms with Gasteiger partial charge in [-0.3, -0.25) is 14.5 Å². The van der Waals surface area contributed by atoms with E-state index in [1.165, 1.54) is 30.7 Å². The van der Waals surface area contributed by atoms with Crippen LogP contribution in [0.1, 0.15) is 16.7 Å². The second-order valence-electron chi connectivity index (χ2n) is 7.61. The molecule has 7 nitrogen and oxygen atoms in total. The number of aryl methyl sites for hydroxylation is 1. The number of carbonyl (C=O) groups excluding carboxylic acids is 1. The van der Waals surface area contributed by atoms with E-state index < -0.39 is 17.6 Å². The van der Waals surface area contributed by atoms with Crippen LogP contribution in [0.15, 0.2) is 61.4 Å². The number of halogens is 4. The zero-order chi connectivity index (χ0) is 24.3. The number of carbonyl (C=O) groups is 1. The molecule has 0 saturated heterocycles. The molecule has 1 N–H and O–H groups in total. The fourth-order valence-electron chi connectivity index (χ4n) is 3.31. The van der Waals surface area contributed by atoms with Crippen LogP contribution in [0.2, 0.25) is 0 Å². The highest BCUT2D eigenvalue weighted by molar-refractivity contribution is 5.83. The van der Waals surface area contributed by atoms with Gasteiger partial charge in [0, 0.05) is 62.0 Å². The van der Waals surface area contributed by atoms with Crippen LogP contribution in [0.5, 0.6) is 0 Å². The molecule has 3 aromatic heterocycles. The molecule has 174 valence electrons. The number of alkyl halides is 3. The van der Waals surface area contributed by atoms with Crippen LogP contribution in [-0.4, -0.2) is 30.5 Å². The maximum atomic E-state index is 14.7. The Morgan fingerprint density at radius 2 is 1.74 bits per heavy atom. The van der Waals surface area contributed by atoms with E-state index >= 15 is 0 Å². The summed E-state index contributed by atoms with van der Waals surface area (Å²) in [6.07, 6.45) is 3.31. The van der Waals surface area contributed by atoms with E-state index in [4.69, 9.17) is 0 Å². The average molecular weight is 470 g/mol. The van der Waals surface area contributed by atoms with Gasteiger partial charge in [-0.2, -0.15) is 18.3 Å². The Morgan fingerprint density at radius 1 is 1.00 bits per heavy atom. The highest BCUT2D eigenvalue weighted by Crippen LogP contribution is 2.29. The summed E-state index contributed by atoms with van der Waals surface area (Å²) in [6.45, 7) is 0. The molecule has 0 amide bonds. The van der Waals surface area contributed by atoms with Gasteiger partial charge in [0.25, 0.3) is 0 Å². The van der Waals surface area contributed by atoms with Crippen molar-refractivity contribution in [2.45, 2.75) is 19.0 Å². The molecule has 4 rings (SSSR count). The Balaban J connectivity index is 1.41. The van der Waals surface area contributed by atoms with Gasteiger partial charge in [-0.15, -0.1) is 0 Å². The lowest BCUT2D eigenvalue weighted by Crippen LogP contribution is -2.10. The smallest absolute Gasteiger partial charge is 0.321 e. The number of anilines is 2. The van der Waals surface area contributed by atoms with Crippen LogP contribution in [-0.2, 0) is 30.9 Å². The number of aromatic nitrogens is 5. The number of ketones is 1. The molecule has 0 spiro atoms. The van der Waals surface area contributed by atoms with Crippen LogP contribution in [0.25, 0.3) is 11.1 Å². The maximum absolute atomic E-state index is 14.7. The number of nitrogens with zero attached hydrogens (tertiary/aromatic N) is 5. The van der Waals surface area contributed by atoms with E-state index in [0.29, 0.717) is 29.0 Å². The quantitative estimate of drug-likeness (QED) is 0.400. The summed E-state index contributed by atoms with van der Waals surface area (Å²) >= 11 is 0. The second kappa shape index (κ2) is 9.38. The molecule has 34 heavy (non-hydrogen) atoms. The first kappa shape index (κ1) is 23.0. The van der Waals surface area contributed by atoms with Gasteiger partial charge in [-0.05, 0) is 23.3 Å². The Labute approximate surface area is 191 Å². The largest absolute Gasteiger partial charge is 0.417 e. The molecule has 0 radical (unpaired) electrons. The molecule has 0 bridgehead atoms. The summed E-state index contributed by atoms with van der Waals surface area (Å²) in [7, 11) is 1.78. The van der Waals surface area contributed by atoms with Crippen LogP contribution in [0.4, 0.5) is 29.2 Å². The van der Waals surface area contributed by atoms with Crippen LogP contribution < -0.4 is 5.32 Å². The van der Waals surface area contributed by atoms with Gasteiger partial charge in [0.15, 0.2) is 0 Å². The number of benzene rings is 1. The highest BCUT2D eigenvalue weighted by Gasteiger charge is 2.31. The molecule has 0 aliphatic carbocycles. The molecule has 0 aliphatic heterocycles. The van der Waals surface area contributed by atoms with Crippen molar-refractivity contribution in [2.75, 3.05) is 5.32 Å². The standard InChI is InChI=1S/C23H18F4N6O/c1-33-13-18(12-31-33)32-22-29-9-16(10-30-22)20-3-2-14(7-21(20)24)5-19(34)6-15-4-17(11-28-8-15)23(25,26)27/h2-4,7-13H,5-6H2,1H3,(H,29,30,32). The summed E-state index contributed by atoms with van der Waals surface area (Å²) < 4.78 is 54.8. The topological polar surface area (TPSA) is 85.6 Å². The van der Waals surface area contributed by atoms with Gasteiger partial charge in [0.05, 0.1) is 17.4 Å². The fraction of sp³-hybridized carbons (Fsp3) is 0.174. The van der Waals surface area contributed by atoms with Gasteiger partial charge >= 0.3 is 6.18 Å². The molecule has 0 saturated carbocycles. The molecule has 0 unspecified atom stereocenters. The lowest BCUT2D eigenvalue weighted by atomic mass is 10.00. The van der Waals surface area contributed by atoms with Gasteiger partial charge < -0.3 is 5.32 Å². The highest BCUT2D eigenvalue weighted by atomic mass is 19.4. The Morgan fingerprint density at radius 3 is 2.38 bits per heavy atom. The molecule has 0 aliphatic rings. The fourth-order valence-corrected chi connectivity index (χ4v) is 3.31. The monoisotopic (exact) mass is 470 g/mol. The molecule has 0 atom stereocenters. The molecular formula is C23H18F4N6O. The summed E-state index contributed by atoms with van der Waals surface area (Å²) in [5.41, 5.74) is 1.04. The molecule has 1 aromatic carbocycles. The SMILES string of the molecule is Cn1cc(Nc2ncc(-c3ccc(CC(=O)Cc4cncc(C(F)(F)F)c4)cc3F)cn2)cn1. The predicted molar refractivity (Wildman–Crippen MR) is 116 cm³/mol. The van der Waals surface area contributed by atoms with Crippen LogP contribution in [0, 0.1) is 5.82 Å². The van der Waals surface area contributed by atoms with Crippen molar-refractivity contribution in [3.8, 4) is 11.1 Å². The minimum atomic E-state index is -4.54. The molecule has 11 heteroatoms. The first-order valence-corrected chi connectivity index (χ1v) is 10.1. The minimum absolute atomic E-state index is 0.127. The molecule has 4 aromatic rings. The van der Waals surface area contributed by atoms with E-state index in [0.717, 1.165) is 6.07 Å². The van der Waals surface area contributed by atoms with Gasteiger partial charge in [-0.1, -0.05) is 12.1 Å². The van der Waals surface area contributed by atoms with E-state index in [9.17, 15) is 22.4 Å². The molecular weight excluding hydrogens is 452 g/mol. The van der Waals surface area contributed by atoms with Crippen LogP contribution in [0.3, 0.4) is 0 Å². The lowest BCUT2D eigenvalue weighted by molar-refractivity contribution is -0.138. The predicted octanol–water partition coefficient (Wildman–Crippen LogP) is 4.53. The number of hydrogen-bond donors (Lipinski definition) is 1. The number of pyridine rings is 1. The zero-order valence-electron chi connectivity index (χ0n) is 17.8.